The Bertz CT molecular complexity index is 539. The molecule has 6 heteroatoms. The molecule has 1 aliphatic heterocycles. The first-order valence-electron chi connectivity index (χ1n) is 7.73. The van der Waals surface area contributed by atoms with Crippen molar-refractivity contribution < 1.29 is 9.84 Å². The summed E-state index contributed by atoms with van der Waals surface area (Å²) >= 11 is 0. The van der Waals surface area contributed by atoms with Gasteiger partial charge >= 0.3 is 0 Å². The number of ether oxygens (including phenoxy) is 1. The van der Waals surface area contributed by atoms with Crippen molar-refractivity contribution in [2.75, 3.05) is 26.2 Å². The van der Waals surface area contributed by atoms with Crippen LogP contribution in [-0.4, -0.2) is 57.1 Å². The van der Waals surface area contributed by atoms with Crippen molar-refractivity contribution in [2.24, 2.45) is 0 Å². The minimum Gasteiger partial charge on any atom is -0.491 e. The lowest BCUT2D eigenvalue weighted by Crippen LogP contribution is -2.41. The predicted molar refractivity (Wildman–Crippen MR) is 82.7 cm³/mol. The van der Waals surface area contributed by atoms with Crippen LogP contribution in [0, 0.1) is 0 Å². The summed E-state index contributed by atoms with van der Waals surface area (Å²) in [7, 11) is 0. The number of β-amino-alcohol motifs (C(OH)–C–C–N with tert-alkyl or cyclic N) is 1. The summed E-state index contributed by atoms with van der Waals surface area (Å²) < 4.78 is 7.53. The molecule has 3 rings (SSSR count). The SMILES string of the molecule is OC(COc1ccccc1)CN1CCC(n2cncn2)CC1. The van der Waals surface area contributed by atoms with Crippen molar-refractivity contribution in [1.29, 1.82) is 0 Å². The van der Waals surface area contributed by atoms with Crippen LogP contribution >= 0.6 is 0 Å². The van der Waals surface area contributed by atoms with Crippen LogP contribution in [0.15, 0.2) is 43.0 Å². The number of hydrogen-bond donors (Lipinski definition) is 1. The maximum atomic E-state index is 10.1. The Morgan fingerprint density at radius 3 is 2.68 bits per heavy atom. The molecule has 1 aromatic heterocycles. The van der Waals surface area contributed by atoms with Gasteiger partial charge in [-0.3, -0.25) is 0 Å². The van der Waals surface area contributed by atoms with Gasteiger partial charge in [0, 0.05) is 19.6 Å². The zero-order valence-corrected chi connectivity index (χ0v) is 12.6. The van der Waals surface area contributed by atoms with E-state index < -0.39 is 6.10 Å². The van der Waals surface area contributed by atoms with Gasteiger partial charge in [0.1, 0.15) is 31.1 Å². The molecular formula is C16H22N4O2. The maximum absolute atomic E-state index is 10.1. The lowest BCUT2D eigenvalue weighted by molar-refractivity contribution is 0.0550. The summed E-state index contributed by atoms with van der Waals surface area (Å²) in [4.78, 5) is 6.28. The number of rotatable bonds is 6. The number of para-hydroxylation sites is 1. The number of aliphatic hydroxyl groups excluding tert-OH is 1. The van der Waals surface area contributed by atoms with Crippen LogP contribution in [0.1, 0.15) is 18.9 Å². The van der Waals surface area contributed by atoms with E-state index in [1.165, 1.54) is 0 Å². The second-order valence-corrected chi connectivity index (χ2v) is 5.69. The fraction of sp³-hybridized carbons (Fsp3) is 0.500. The molecule has 2 aromatic rings. The number of nitrogens with zero attached hydrogens (tertiary/aromatic N) is 4. The Kier molecular flexibility index (Phi) is 5.03. The molecule has 2 heterocycles. The van der Waals surface area contributed by atoms with Gasteiger partial charge in [-0.25, -0.2) is 9.67 Å². The second-order valence-electron chi connectivity index (χ2n) is 5.69. The zero-order valence-electron chi connectivity index (χ0n) is 12.6. The number of aromatic nitrogens is 3. The molecule has 1 aromatic carbocycles. The average molecular weight is 302 g/mol. The summed E-state index contributed by atoms with van der Waals surface area (Å²) in [5.74, 6) is 0.798. The lowest BCUT2D eigenvalue weighted by Gasteiger charge is -2.32. The average Bonchev–Trinajstić information content (AvgIpc) is 3.09. The van der Waals surface area contributed by atoms with E-state index in [4.69, 9.17) is 4.74 Å². The normalized spacial score (nSPS) is 18.2. The van der Waals surface area contributed by atoms with E-state index in [1.807, 2.05) is 35.0 Å². The van der Waals surface area contributed by atoms with Crippen molar-refractivity contribution in [2.45, 2.75) is 25.0 Å². The van der Waals surface area contributed by atoms with E-state index in [2.05, 4.69) is 15.0 Å². The maximum Gasteiger partial charge on any atom is 0.137 e. The van der Waals surface area contributed by atoms with Gasteiger partial charge < -0.3 is 14.7 Å². The molecule has 1 fully saturated rings. The molecular weight excluding hydrogens is 280 g/mol. The van der Waals surface area contributed by atoms with Crippen LogP contribution in [-0.2, 0) is 0 Å². The quantitative estimate of drug-likeness (QED) is 0.873. The standard InChI is InChI=1S/C16H22N4O2/c21-15(11-22-16-4-2-1-3-5-16)10-19-8-6-14(7-9-19)20-13-17-12-18-20/h1-5,12-15,21H,6-11H2. The fourth-order valence-corrected chi connectivity index (χ4v) is 2.83. The molecule has 1 N–H and O–H groups in total. The van der Waals surface area contributed by atoms with Crippen molar-refractivity contribution in [3.63, 3.8) is 0 Å². The first-order chi connectivity index (χ1) is 10.8. The van der Waals surface area contributed by atoms with E-state index in [9.17, 15) is 5.11 Å². The summed E-state index contributed by atoms with van der Waals surface area (Å²) in [6.07, 6.45) is 4.97. The molecule has 0 amide bonds. The van der Waals surface area contributed by atoms with E-state index in [0.29, 0.717) is 19.2 Å². The van der Waals surface area contributed by atoms with Gasteiger partial charge in [-0.05, 0) is 25.0 Å². The van der Waals surface area contributed by atoms with Crippen LogP contribution in [0.2, 0.25) is 0 Å². The molecule has 6 nitrogen and oxygen atoms in total. The second kappa shape index (κ2) is 7.38. The smallest absolute Gasteiger partial charge is 0.137 e. The number of hydrogen-bond acceptors (Lipinski definition) is 5. The van der Waals surface area contributed by atoms with Gasteiger partial charge in [-0.1, -0.05) is 18.2 Å². The summed E-state index contributed by atoms with van der Waals surface area (Å²) in [5, 5.41) is 14.3. The van der Waals surface area contributed by atoms with Crippen molar-refractivity contribution >= 4 is 0 Å². The highest BCUT2D eigenvalue weighted by Gasteiger charge is 2.22. The molecule has 0 spiro atoms. The molecule has 1 saturated heterocycles. The lowest BCUT2D eigenvalue weighted by atomic mass is 10.1. The highest BCUT2D eigenvalue weighted by atomic mass is 16.5. The third-order valence-corrected chi connectivity index (χ3v) is 4.02. The zero-order chi connectivity index (χ0) is 15.2. The summed E-state index contributed by atoms with van der Waals surface area (Å²) in [5.41, 5.74) is 0. The Morgan fingerprint density at radius 2 is 2.00 bits per heavy atom. The largest absolute Gasteiger partial charge is 0.491 e. The van der Waals surface area contributed by atoms with E-state index >= 15 is 0 Å². The first kappa shape index (κ1) is 15.0. The monoisotopic (exact) mass is 302 g/mol. The van der Waals surface area contributed by atoms with Crippen LogP contribution in [0.5, 0.6) is 5.75 Å². The molecule has 0 bridgehead atoms. The Balaban J connectivity index is 1.39. The number of aliphatic hydroxyl groups is 1. The van der Waals surface area contributed by atoms with Gasteiger partial charge in [0.15, 0.2) is 0 Å². The predicted octanol–water partition coefficient (Wildman–Crippen LogP) is 1.35. The Labute approximate surface area is 130 Å². The first-order valence-corrected chi connectivity index (χ1v) is 7.73. The van der Waals surface area contributed by atoms with Gasteiger partial charge in [0.2, 0.25) is 0 Å². The Morgan fingerprint density at radius 1 is 1.23 bits per heavy atom. The topological polar surface area (TPSA) is 63.4 Å². The molecule has 118 valence electrons. The molecule has 0 aliphatic carbocycles. The third-order valence-electron chi connectivity index (χ3n) is 4.02. The van der Waals surface area contributed by atoms with Crippen LogP contribution in [0.3, 0.4) is 0 Å². The van der Waals surface area contributed by atoms with Crippen LogP contribution in [0.4, 0.5) is 0 Å². The van der Waals surface area contributed by atoms with E-state index in [-0.39, 0.29) is 0 Å². The molecule has 1 unspecified atom stereocenters. The van der Waals surface area contributed by atoms with Gasteiger partial charge in [-0.2, -0.15) is 5.10 Å². The number of likely N-dealkylation sites (tertiary alicyclic amines) is 1. The Hall–Kier alpha value is -1.92. The number of piperidine rings is 1. The molecule has 0 radical (unpaired) electrons. The van der Waals surface area contributed by atoms with Gasteiger partial charge in [-0.15, -0.1) is 0 Å². The minimum absolute atomic E-state index is 0.326. The molecule has 22 heavy (non-hydrogen) atoms. The highest BCUT2D eigenvalue weighted by Crippen LogP contribution is 2.21. The highest BCUT2D eigenvalue weighted by molar-refractivity contribution is 5.20. The number of benzene rings is 1. The van der Waals surface area contributed by atoms with Crippen molar-refractivity contribution in [3.8, 4) is 5.75 Å². The van der Waals surface area contributed by atoms with Crippen LogP contribution < -0.4 is 4.74 Å². The third kappa shape index (κ3) is 4.05. The van der Waals surface area contributed by atoms with Crippen molar-refractivity contribution in [1.82, 2.24) is 19.7 Å². The minimum atomic E-state index is -0.469. The van der Waals surface area contributed by atoms with Crippen molar-refractivity contribution in [3.05, 3.63) is 43.0 Å². The van der Waals surface area contributed by atoms with Gasteiger partial charge in [0.25, 0.3) is 0 Å². The van der Waals surface area contributed by atoms with E-state index in [1.54, 1.807) is 12.7 Å². The molecule has 0 saturated carbocycles. The molecule has 1 aliphatic rings. The summed E-state index contributed by atoms with van der Waals surface area (Å²) in [6, 6.07) is 10.0. The van der Waals surface area contributed by atoms with Gasteiger partial charge in [0.05, 0.1) is 6.04 Å². The van der Waals surface area contributed by atoms with E-state index in [0.717, 1.165) is 31.7 Å². The fourth-order valence-electron chi connectivity index (χ4n) is 2.83. The summed E-state index contributed by atoms with van der Waals surface area (Å²) in [6.45, 7) is 2.91. The van der Waals surface area contributed by atoms with Crippen LogP contribution in [0.25, 0.3) is 0 Å². The molecule has 1 atom stereocenters.